The van der Waals surface area contributed by atoms with Gasteiger partial charge in [0.1, 0.15) is 15.9 Å². The molecule has 130 valence electrons. The summed E-state index contributed by atoms with van der Waals surface area (Å²) in [6.07, 6.45) is 3.29. The number of nitrogens with zero attached hydrogens (tertiary/aromatic N) is 3. The minimum atomic E-state index is -0.495. The van der Waals surface area contributed by atoms with Gasteiger partial charge in [-0.05, 0) is 61.7 Å². The van der Waals surface area contributed by atoms with E-state index in [-0.39, 0.29) is 28.6 Å². The Balaban J connectivity index is 1.69. The van der Waals surface area contributed by atoms with Gasteiger partial charge < -0.3 is 14.2 Å². The molecule has 1 aliphatic rings. The summed E-state index contributed by atoms with van der Waals surface area (Å²) in [6.45, 7) is 5.57. The smallest absolute Gasteiger partial charge is 0.410 e. The molecule has 0 aromatic carbocycles. The minimum absolute atomic E-state index is 0.145. The van der Waals surface area contributed by atoms with Gasteiger partial charge in [0.25, 0.3) is 0 Å². The van der Waals surface area contributed by atoms with E-state index < -0.39 is 5.60 Å². The lowest BCUT2D eigenvalue weighted by molar-refractivity contribution is 0.00809. The summed E-state index contributed by atoms with van der Waals surface area (Å²) in [5, 5.41) is 0.777. The van der Waals surface area contributed by atoms with Gasteiger partial charge in [0.2, 0.25) is 0 Å². The van der Waals surface area contributed by atoms with E-state index in [2.05, 4.69) is 25.5 Å². The van der Waals surface area contributed by atoms with Crippen molar-refractivity contribution in [3.05, 3.63) is 28.7 Å². The largest absolute Gasteiger partial charge is 0.444 e. The van der Waals surface area contributed by atoms with Gasteiger partial charge in [-0.1, -0.05) is 0 Å². The third kappa shape index (κ3) is 3.27. The molecule has 24 heavy (non-hydrogen) atoms. The van der Waals surface area contributed by atoms with E-state index in [1.807, 2.05) is 33.0 Å². The minimum Gasteiger partial charge on any atom is -0.444 e. The molecule has 2 heterocycles. The van der Waals surface area contributed by atoms with Crippen LogP contribution in [0.2, 0.25) is 0 Å². The maximum absolute atomic E-state index is 13.6. The molecule has 2 aromatic rings. The van der Waals surface area contributed by atoms with Gasteiger partial charge in [-0.15, -0.1) is 0 Å². The number of pyridine rings is 1. The summed E-state index contributed by atoms with van der Waals surface area (Å²) in [7, 11) is 1.77. The lowest BCUT2D eigenvalue weighted by atomic mass is 9.85. The molecule has 7 heteroatoms. The summed E-state index contributed by atoms with van der Waals surface area (Å²) in [5.74, 6) is -0.364. The highest BCUT2D eigenvalue weighted by atomic mass is 79.9. The van der Waals surface area contributed by atoms with Crippen LogP contribution < -0.4 is 0 Å². The summed E-state index contributed by atoms with van der Waals surface area (Å²) in [6, 6.07) is 3.74. The van der Waals surface area contributed by atoms with Crippen LogP contribution in [-0.2, 0) is 4.74 Å². The SMILES string of the molecule is CN(C(=O)OC(C)(C)C)C1CC(n2ccc3cc(F)c(Br)nc32)C1. The van der Waals surface area contributed by atoms with Crippen molar-refractivity contribution in [2.24, 2.45) is 0 Å². The van der Waals surface area contributed by atoms with Crippen LogP contribution in [0.4, 0.5) is 9.18 Å². The Morgan fingerprint density at radius 1 is 1.46 bits per heavy atom. The van der Waals surface area contributed by atoms with Crippen LogP contribution in [0.1, 0.15) is 39.7 Å². The van der Waals surface area contributed by atoms with Crippen LogP contribution in [0.25, 0.3) is 11.0 Å². The van der Waals surface area contributed by atoms with Crippen LogP contribution in [0.5, 0.6) is 0 Å². The number of aromatic nitrogens is 2. The van der Waals surface area contributed by atoms with E-state index in [1.54, 1.807) is 11.9 Å². The van der Waals surface area contributed by atoms with E-state index >= 15 is 0 Å². The molecular formula is C17H21BrFN3O2. The van der Waals surface area contributed by atoms with Gasteiger partial charge in [0.15, 0.2) is 5.82 Å². The van der Waals surface area contributed by atoms with E-state index in [0.29, 0.717) is 0 Å². The zero-order chi connectivity index (χ0) is 17.6. The summed E-state index contributed by atoms with van der Waals surface area (Å²) in [5.41, 5.74) is 0.262. The lowest BCUT2D eigenvalue weighted by Gasteiger charge is -2.42. The van der Waals surface area contributed by atoms with E-state index in [9.17, 15) is 9.18 Å². The van der Waals surface area contributed by atoms with Crippen molar-refractivity contribution >= 4 is 33.1 Å². The maximum atomic E-state index is 13.6. The van der Waals surface area contributed by atoms with Crippen LogP contribution in [0, 0.1) is 5.82 Å². The quantitative estimate of drug-likeness (QED) is 0.700. The van der Waals surface area contributed by atoms with Crippen molar-refractivity contribution in [1.82, 2.24) is 14.5 Å². The van der Waals surface area contributed by atoms with Crippen molar-refractivity contribution in [3.8, 4) is 0 Å². The van der Waals surface area contributed by atoms with Crippen molar-refractivity contribution in [1.29, 1.82) is 0 Å². The Hall–Kier alpha value is -1.63. The predicted octanol–water partition coefficient (Wildman–Crippen LogP) is 4.51. The molecule has 5 nitrogen and oxygen atoms in total. The molecule has 1 amide bonds. The molecule has 0 saturated heterocycles. The molecule has 1 fully saturated rings. The molecule has 0 radical (unpaired) electrons. The summed E-state index contributed by atoms with van der Waals surface area (Å²) >= 11 is 3.14. The number of hydrogen-bond donors (Lipinski definition) is 0. The number of carbonyl (C=O) groups is 1. The molecular weight excluding hydrogens is 377 g/mol. The topological polar surface area (TPSA) is 47.4 Å². The molecule has 1 aliphatic carbocycles. The van der Waals surface area contributed by atoms with Crippen molar-refractivity contribution < 1.29 is 13.9 Å². The Labute approximate surface area is 148 Å². The van der Waals surface area contributed by atoms with E-state index in [1.165, 1.54) is 6.07 Å². The van der Waals surface area contributed by atoms with Gasteiger partial charge in [-0.3, -0.25) is 0 Å². The zero-order valence-electron chi connectivity index (χ0n) is 14.2. The van der Waals surface area contributed by atoms with Crippen molar-refractivity contribution in [2.45, 2.75) is 51.3 Å². The molecule has 3 rings (SSSR count). The first-order valence-electron chi connectivity index (χ1n) is 7.94. The van der Waals surface area contributed by atoms with E-state index in [4.69, 9.17) is 4.74 Å². The molecule has 0 N–H and O–H groups in total. The number of hydrogen-bond acceptors (Lipinski definition) is 3. The summed E-state index contributed by atoms with van der Waals surface area (Å²) in [4.78, 5) is 18.1. The number of ether oxygens (including phenoxy) is 1. The van der Waals surface area contributed by atoms with Crippen LogP contribution in [0.15, 0.2) is 22.9 Å². The standard InChI is InChI=1S/C17H21BrFN3O2/c1-17(2,3)24-16(23)21(4)11-8-12(9-11)22-6-5-10-7-13(19)14(18)20-15(10)22/h5-7,11-12H,8-9H2,1-4H3. The van der Waals surface area contributed by atoms with Crippen molar-refractivity contribution in [3.63, 3.8) is 0 Å². The molecule has 0 unspecified atom stereocenters. The molecule has 2 aromatic heterocycles. The number of rotatable bonds is 2. The van der Waals surface area contributed by atoms with E-state index in [0.717, 1.165) is 23.9 Å². The second-order valence-corrected chi connectivity index (χ2v) is 8.02. The average molecular weight is 398 g/mol. The number of fused-ring (bicyclic) bond motifs is 1. The Kier molecular flexibility index (Phi) is 4.32. The maximum Gasteiger partial charge on any atom is 0.410 e. The highest BCUT2D eigenvalue weighted by molar-refractivity contribution is 9.10. The highest BCUT2D eigenvalue weighted by Crippen LogP contribution is 2.38. The number of amides is 1. The lowest BCUT2D eigenvalue weighted by Crippen LogP contribution is -2.47. The monoisotopic (exact) mass is 397 g/mol. The van der Waals surface area contributed by atoms with Crippen LogP contribution in [-0.4, -0.2) is 39.2 Å². The molecule has 0 bridgehead atoms. The van der Waals surface area contributed by atoms with Gasteiger partial charge in [0, 0.05) is 30.7 Å². The second-order valence-electron chi connectivity index (χ2n) is 7.27. The van der Waals surface area contributed by atoms with Crippen LogP contribution >= 0.6 is 15.9 Å². The fourth-order valence-electron chi connectivity index (χ4n) is 2.91. The number of halogens is 2. The Morgan fingerprint density at radius 2 is 2.12 bits per heavy atom. The Bertz CT molecular complexity index is 778. The third-order valence-electron chi connectivity index (χ3n) is 4.31. The fourth-order valence-corrected chi connectivity index (χ4v) is 3.19. The highest BCUT2D eigenvalue weighted by Gasteiger charge is 2.37. The predicted molar refractivity (Wildman–Crippen MR) is 93.4 cm³/mol. The van der Waals surface area contributed by atoms with Gasteiger partial charge in [0.05, 0.1) is 0 Å². The molecule has 0 spiro atoms. The first-order valence-corrected chi connectivity index (χ1v) is 8.73. The second kappa shape index (κ2) is 6.02. The average Bonchev–Trinajstić information content (AvgIpc) is 2.78. The Morgan fingerprint density at radius 3 is 2.75 bits per heavy atom. The van der Waals surface area contributed by atoms with Crippen LogP contribution in [0.3, 0.4) is 0 Å². The van der Waals surface area contributed by atoms with Gasteiger partial charge in [-0.25, -0.2) is 14.2 Å². The first-order chi connectivity index (χ1) is 11.2. The number of carbonyl (C=O) groups excluding carboxylic acids is 1. The zero-order valence-corrected chi connectivity index (χ0v) is 15.8. The van der Waals surface area contributed by atoms with Gasteiger partial charge >= 0.3 is 6.09 Å². The summed E-state index contributed by atoms with van der Waals surface area (Å²) < 4.78 is 21.2. The fraction of sp³-hybridized carbons (Fsp3) is 0.529. The first kappa shape index (κ1) is 17.2. The molecule has 1 saturated carbocycles. The molecule has 0 atom stereocenters. The van der Waals surface area contributed by atoms with Crippen molar-refractivity contribution in [2.75, 3.05) is 7.05 Å². The third-order valence-corrected chi connectivity index (χ3v) is 4.87. The van der Waals surface area contributed by atoms with Gasteiger partial charge in [-0.2, -0.15) is 0 Å². The normalized spacial score (nSPS) is 20.8. The molecule has 0 aliphatic heterocycles.